The summed E-state index contributed by atoms with van der Waals surface area (Å²) in [6.45, 7) is 2.14. The third-order valence-electron chi connectivity index (χ3n) is 2.98. The van der Waals surface area contributed by atoms with E-state index >= 15 is 0 Å². The highest BCUT2D eigenvalue weighted by atomic mass is 16.1. The van der Waals surface area contributed by atoms with E-state index in [1.54, 1.807) is 12.4 Å². The normalized spacial score (nSPS) is 12.1. The molecule has 0 aliphatic rings. The number of hydrogen-bond acceptors (Lipinski definition) is 3. The Morgan fingerprint density at radius 2 is 2.32 bits per heavy atom. The predicted octanol–water partition coefficient (Wildman–Crippen LogP) is 2.47. The van der Waals surface area contributed by atoms with Crippen molar-refractivity contribution >= 4 is 5.91 Å². The van der Waals surface area contributed by atoms with Crippen molar-refractivity contribution in [1.82, 2.24) is 20.3 Å². The van der Waals surface area contributed by atoms with Crippen LogP contribution in [0.25, 0.3) is 0 Å². The summed E-state index contributed by atoms with van der Waals surface area (Å²) >= 11 is 0. The van der Waals surface area contributed by atoms with Crippen LogP contribution in [0.3, 0.4) is 0 Å². The van der Waals surface area contributed by atoms with Gasteiger partial charge in [-0.15, -0.1) is 0 Å². The summed E-state index contributed by atoms with van der Waals surface area (Å²) in [6, 6.07) is 3.86. The maximum atomic E-state index is 12.0. The molecule has 1 atom stereocenters. The molecule has 2 N–H and O–H groups in total. The van der Waals surface area contributed by atoms with Crippen LogP contribution in [-0.2, 0) is 0 Å². The Hall–Kier alpha value is -2.17. The average molecular weight is 258 g/mol. The van der Waals surface area contributed by atoms with Crippen LogP contribution in [0, 0.1) is 0 Å². The summed E-state index contributed by atoms with van der Waals surface area (Å²) in [5.74, 6) is -0.137. The van der Waals surface area contributed by atoms with E-state index in [-0.39, 0.29) is 11.9 Å². The van der Waals surface area contributed by atoms with Gasteiger partial charge in [-0.05, 0) is 18.1 Å². The van der Waals surface area contributed by atoms with Gasteiger partial charge in [-0.1, -0.05) is 25.8 Å². The van der Waals surface area contributed by atoms with Crippen molar-refractivity contribution in [3.8, 4) is 0 Å². The summed E-state index contributed by atoms with van der Waals surface area (Å²) in [4.78, 5) is 22.8. The Morgan fingerprint density at radius 3 is 2.95 bits per heavy atom. The number of aromatic amines is 1. The molecular formula is C14H18N4O. The Morgan fingerprint density at radius 1 is 1.42 bits per heavy atom. The minimum absolute atomic E-state index is 0.00977. The van der Waals surface area contributed by atoms with Gasteiger partial charge in [-0.3, -0.25) is 9.78 Å². The van der Waals surface area contributed by atoms with Crippen LogP contribution in [0.15, 0.2) is 37.1 Å². The van der Waals surface area contributed by atoms with Crippen molar-refractivity contribution in [2.45, 2.75) is 32.2 Å². The van der Waals surface area contributed by atoms with Crippen molar-refractivity contribution in [3.63, 3.8) is 0 Å². The molecule has 0 saturated carbocycles. The van der Waals surface area contributed by atoms with E-state index in [1.165, 1.54) is 12.5 Å². The molecule has 0 unspecified atom stereocenters. The van der Waals surface area contributed by atoms with Gasteiger partial charge in [0.2, 0.25) is 0 Å². The van der Waals surface area contributed by atoms with Crippen LogP contribution in [-0.4, -0.2) is 20.9 Å². The Kier molecular flexibility index (Phi) is 4.66. The van der Waals surface area contributed by atoms with E-state index in [1.807, 2.05) is 12.1 Å². The lowest BCUT2D eigenvalue weighted by molar-refractivity contribution is 0.0929. The molecule has 2 aromatic heterocycles. The zero-order valence-electron chi connectivity index (χ0n) is 11.0. The van der Waals surface area contributed by atoms with Crippen LogP contribution in [0.1, 0.15) is 48.3 Å². The fraction of sp³-hybridized carbons (Fsp3) is 0.357. The third kappa shape index (κ3) is 3.64. The highest BCUT2D eigenvalue weighted by molar-refractivity contribution is 5.92. The number of unbranched alkanes of at least 4 members (excludes halogenated alkanes) is 1. The van der Waals surface area contributed by atoms with Crippen LogP contribution in [0.4, 0.5) is 0 Å². The van der Waals surface area contributed by atoms with Crippen molar-refractivity contribution in [2.75, 3.05) is 0 Å². The van der Waals surface area contributed by atoms with Crippen molar-refractivity contribution in [3.05, 3.63) is 48.3 Å². The molecule has 2 aromatic rings. The van der Waals surface area contributed by atoms with E-state index in [2.05, 4.69) is 27.2 Å². The van der Waals surface area contributed by atoms with Crippen LogP contribution in [0.2, 0.25) is 0 Å². The molecule has 19 heavy (non-hydrogen) atoms. The molecule has 0 bridgehead atoms. The molecule has 0 aromatic carbocycles. The number of carbonyl (C=O) groups is 1. The number of nitrogens with one attached hydrogen (secondary N) is 2. The van der Waals surface area contributed by atoms with Gasteiger partial charge >= 0.3 is 0 Å². The maximum absolute atomic E-state index is 12.0. The number of H-pyrrole nitrogens is 1. The lowest BCUT2D eigenvalue weighted by atomic mass is 10.0. The van der Waals surface area contributed by atoms with Gasteiger partial charge in [-0.25, -0.2) is 4.98 Å². The first-order valence-electron chi connectivity index (χ1n) is 6.50. The number of nitrogens with zero attached hydrogens (tertiary/aromatic N) is 2. The molecule has 0 saturated heterocycles. The number of imidazole rings is 1. The minimum Gasteiger partial charge on any atom is -0.344 e. The molecule has 0 aliphatic carbocycles. The van der Waals surface area contributed by atoms with E-state index in [0.29, 0.717) is 5.69 Å². The molecule has 5 heteroatoms. The van der Waals surface area contributed by atoms with Gasteiger partial charge in [0.05, 0.1) is 18.6 Å². The number of amides is 1. The molecule has 0 fully saturated rings. The SMILES string of the molecule is CCCC[C@H](NC(=O)c1cnc[nH]1)c1cccnc1. The highest BCUT2D eigenvalue weighted by Crippen LogP contribution is 2.18. The zero-order valence-corrected chi connectivity index (χ0v) is 11.0. The Labute approximate surface area is 112 Å². The van der Waals surface area contributed by atoms with Gasteiger partial charge < -0.3 is 10.3 Å². The fourth-order valence-corrected chi connectivity index (χ4v) is 1.93. The van der Waals surface area contributed by atoms with Crippen molar-refractivity contribution in [1.29, 1.82) is 0 Å². The van der Waals surface area contributed by atoms with Gasteiger partial charge in [-0.2, -0.15) is 0 Å². The largest absolute Gasteiger partial charge is 0.344 e. The van der Waals surface area contributed by atoms with E-state index in [0.717, 1.165) is 24.8 Å². The standard InChI is InChI=1S/C14H18N4O/c1-2-3-6-12(11-5-4-7-15-8-11)18-14(19)13-9-16-10-17-13/h4-5,7-10,12H,2-3,6H2,1H3,(H,16,17)(H,18,19)/t12-/m0/s1. The van der Waals surface area contributed by atoms with Crippen LogP contribution >= 0.6 is 0 Å². The topological polar surface area (TPSA) is 70.7 Å². The molecule has 100 valence electrons. The molecule has 0 aliphatic heterocycles. The summed E-state index contributed by atoms with van der Waals surface area (Å²) in [6.07, 6.45) is 9.61. The highest BCUT2D eigenvalue weighted by Gasteiger charge is 2.16. The van der Waals surface area contributed by atoms with E-state index < -0.39 is 0 Å². The molecule has 1 amide bonds. The van der Waals surface area contributed by atoms with Crippen LogP contribution < -0.4 is 5.32 Å². The summed E-state index contributed by atoms with van der Waals surface area (Å²) in [5.41, 5.74) is 1.51. The van der Waals surface area contributed by atoms with Gasteiger partial charge in [0.1, 0.15) is 5.69 Å². The second kappa shape index (κ2) is 6.68. The van der Waals surface area contributed by atoms with Gasteiger partial charge in [0.15, 0.2) is 0 Å². The summed E-state index contributed by atoms with van der Waals surface area (Å²) in [5, 5.41) is 3.02. The number of pyridine rings is 1. The fourth-order valence-electron chi connectivity index (χ4n) is 1.93. The van der Waals surface area contributed by atoms with E-state index in [4.69, 9.17) is 0 Å². The maximum Gasteiger partial charge on any atom is 0.269 e. The van der Waals surface area contributed by atoms with Gasteiger partial charge in [0, 0.05) is 12.4 Å². The Bertz CT molecular complexity index is 495. The third-order valence-corrected chi connectivity index (χ3v) is 2.98. The molecule has 2 rings (SSSR count). The summed E-state index contributed by atoms with van der Waals surface area (Å²) < 4.78 is 0. The molecule has 5 nitrogen and oxygen atoms in total. The van der Waals surface area contributed by atoms with Crippen molar-refractivity contribution < 1.29 is 4.79 Å². The first-order valence-corrected chi connectivity index (χ1v) is 6.50. The number of aromatic nitrogens is 3. The first kappa shape index (κ1) is 13.3. The zero-order chi connectivity index (χ0) is 13.5. The lowest BCUT2D eigenvalue weighted by Crippen LogP contribution is -2.28. The number of carbonyl (C=O) groups excluding carboxylic acids is 1. The van der Waals surface area contributed by atoms with Crippen molar-refractivity contribution in [2.24, 2.45) is 0 Å². The Balaban J connectivity index is 2.08. The van der Waals surface area contributed by atoms with E-state index in [9.17, 15) is 4.79 Å². The van der Waals surface area contributed by atoms with Crippen LogP contribution in [0.5, 0.6) is 0 Å². The monoisotopic (exact) mass is 258 g/mol. The quantitative estimate of drug-likeness (QED) is 0.836. The second-order valence-corrected chi connectivity index (χ2v) is 4.42. The van der Waals surface area contributed by atoms with Gasteiger partial charge in [0.25, 0.3) is 5.91 Å². The number of rotatable bonds is 6. The molecular weight excluding hydrogens is 240 g/mol. The first-order chi connectivity index (χ1) is 9.31. The molecule has 2 heterocycles. The number of hydrogen-bond donors (Lipinski definition) is 2. The lowest BCUT2D eigenvalue weighted by Gasteiger charge is -2.18. The average Bonchev–Trinajstić information content (AvgIpc) is 2.98. The molecule has 0 radical (unpaired) electrons. The smallest absolute Gasteiger partial charge is 0.269 e. The summed E-state index contributed by atoms with van der Waals surface area (Å²) in [7, 11) is 0. The predicted molar refractivity (Wildman–Crippen MR) is 72.6 cm³/mol. The molecule has 0 spiro atoms. The second-order valence-electron chi connectivity index (χ2n) is 4.42. The minimum atomic E-state index is -0.137.